The second-order valence-electron chi connectivity index (χ2n) is 1.17. The molecule has 0 fully saturated rings. The van der Waals surface area contributed by atoms with Crippen LogP contribution in [0.4, 0.5) is 0 Å². The third-order valence-electron chi connectivity index (χ3n) is 0.496. The molecule has 0 heterocycles. The molecule has 56 valence electrons. The van der Waals surface area contributed by atoms with Gasteiger partial charge >= 0.3 is 0 Å². The van der Waals surface area contributed by atoms with E-state index in [1.165, 1.54) is 0 Å². The second-order valence-corrected chi connectivity index (χ2v) is 12.9. The molecule has 0 atom stereocenters. The van der Waals surface area contributed by atoms with Gasteiger partial charge in [-0.25, -0.2) is 8.42 Å². The molecule has 0 amide bonds. The van der Waals surface area contributed by atoms with E-state index in [4.69, 9.17) is 0 Å². The van der Waals surface area contributed by atoms with Crippen LogP contribution in [0.3, 0.4) is 0 Å². The lowest BCUT2D eigenvalue weighted by atomic mass is 11.9. The van der Waals surface area contributed by atoms with Gasteiger partial charge in [-0.3, -0.25) is 0 Å². The van der Waals surface area contributed by atoms with Gasteiger partial charge in [0.2, 0.25) is 1.47 Å². The lowest BCUT2D eigenvalue weighted by Crippen LogP contribution is -2.17. The lowest BCUT2D eigenvalue weighted by molar-refractivity contribution is 0.603. The van der Waals surface area contributed by atoms with E-state index in [0.717, 1.165) is 0 Å². The Balaban J connectivity index is 4.57. The number of rotatable bonds is 1. The number of alkyl halides is 4. The highest BCUT2D eigenvalue weighted by atomic mass is 80.0. The summed E-state index contributed by atoms with van der Waals surface area (Å²) in [5.74, 6) is 0. The van der Waals surface area contributed by atoms with Gasteiger partial charge in [0.1, 0.15) is 4.66 Å². The number of halogens is 4. The summed E-state index contributed by atoms with van der Waals surface area (Å²) in [7, 11) is -3.17. The molecule has 0 bridgehead atoms. The van der Waals surface area contributed by atoms with Crippen molar-refractivity contribution in [3.05, 3.63) is 0 Å². The molecule has 0 aromatic rings. The average molecular weight is 410 g/mol. The number of hydrogen-bond acceptors (Lipinski definition) is 2. The maximum atomic E-state index is 10.8. The van der Waals surface area contributed by atoms with E-state index in [9.17, 15) is 8.42 Å². The van der Waals surface area contributed by atoms with Crippen molar-refractivity contribution in [2.75, 3.05) is 4.66 Å². The van der Waals surface area contributed by atoms with Gasteiger partial charge in [-0.1, -0.05) is 15.9 Å². The summed E-state index contributed by atoms with van der Waals surface area (Å²) in [5, 5.41) is 0. The summed E-state index contributed by atoms with van der Waals surface area (Å²) in [5.41, 5.74) is 0. The molecule has 7 heteroatoms. The summed E-state index contributed by atoms with van der Waals surface area (Å²) < 4.78 is 20.4. The van der Waals surface area contributed by atoms with Crippen molar-refractivity contribution in [3.8, 4) is 0 Å². The Morgan fingerprint density at radius 1 is 1.22 bits per heavy atom. The fourth-order valence-electron chi connectivity index (χ4n) is 0.0619. The average Bonchev–Trinajstić information content (AvgIpc) is 1.64. The number of sulfone groups is 1. The molecule has 0 aliphatic rings. The van der Waals surface area contributed by atoms with Crippen molar-refractivity contribution in [2.24, 2.45) is 0 Å². The van der Waals surface area contributed by atoms with Crippen LogP contribution >= 0.6 is 63.7 Å². The summed E-state index contributed by atoms with van der Waals surface area (Å²) in [4.78, 5) is 0. The molecule has 0 N–H and O–H groups in total. The predicted molar refractivity (Wildman–Crippen MR) is 52.2 cm³/mol. The van der Waals surface area contributed by atoms with E-state index in [1.54, 1.807) is 0 Å². The van der Waals surface area contributed by atoms with E-state index in [2.05, 4.69) is 63.7 Å². The van der Waals surface area contributed by atoms with E-state index >= 15 is 0 Å². The van der Waals surface area contributed by atoms with Crippen LogP contribution in [0.15, 0.2) is 0 Å². The molecule has 0 unspecified atom stereocenters. The fraction of sp³-hybridized carbons (Fsp3) is 1.00. The minimum absolute atomic E-state index is 0.0955. The summed E-state index contributed by atoms with van der Waals surface area (Å²) in [6.45, 7) is 0. The standard InChI is InChI=1S/C2H2Br4O2S/c3-1-9(7,8)2(4,5)6/h1H2. The van der Waals surface area contributed by atoms with Crippen molar-refractivity contribution in [1.82, 2.24) is 0 Å². The first-order valence-corrected chi connectivity index (χ1v) is 6.81. The Labute approximate surface area is 87.2 Å². The van der Waals surface area contributed by atoms with Crippen LogP contribution in [0, 0.1) is 0 Å². The quantitative estimate of drug-likeness (QED) is 0.624. The zero-order chi connectivity index (χ0) is 7.71. The summed E-state index contributed by atoms with van der Waals surface area (Å²) in [6, 6.07) is 0. The Bertz CT molecular complexity index is 177. The Morgan fingerprint density at radius 2 is 1.56 bits per heavy atom. The van der Waals surface area contributed by atoms with E-state index < -0.39 is 11.3 Å². The third-order valence-corrected chi connectivity index (χ3v) is 7.74. The summed E-state index contributed by atoms with van der Waals surface area (Å²) in [6.07, 6.45) is 0. The molecule has 0 saturated heterocycles. The molecule has 0 saturated carbocycles. The maximum absolute atomic E-state index is 10.8. The van der Waals surface area contributed by atoms with Crippen LogP contribution < -0.4 is 0 Å². The van der Waals surface area contributed by atoms with Gasteiger partial charge < -0.3 is 0 Å². The van der Waals surface area contributed by atoms with Crippen LogP contribution in [0.2, 0.25) is 0 Å². The molecular formula is C2H2Br4O2S. The first-order valence-electron chi connectivity index (χ1n) is 1.66. The van der Waals surface area contributed by atoms with Crippen LogP contribution in [-0.2, 0) is 9.84 Å². The maximum Gasteiger partial charge on any atom is 0.235 e. The van der Waals surface area contributed by atoms with Gasteiger partial charge in [0.15, 0.2) is 9.84 Å². The second kappa shape index (κ2) is 3.51. The molecule has 0 aliphatic heterocycles. The fourth-order valence-corrected chi connectivity index (χ4v) is 5.01. The van der Waals surface area contributed by atoms with Gasteiger partial charge in [0.25, 0.3) is 0 Å². The van der Waals surface area contributed by atoms with Crippen molar-refractivity contribution >= 4 is 73.6 Å². The molecule has 0 aliphatic carbocycles. The summed E-state index contributed by atoms with van der Waals surface area (Å²) >= 11 is 11.5. The largest absolute Gasteiger partial charge is 0.235 e. The van der Waals surface area contributed by atoms with Crippen LogP contribution in [-0.4, -0.2) is 14.6 Å². The highest BCUT2D eigenvalue weighted by molar-refractivity contribution is 9.42. The van der Waals surface area contributed by atoms with Gasteiger partial charge in [-0.05, 0) is 47.8 Å². The molecule has 9 heavy (non-hydrogen) atoms. The lowest BCUT2D eigenvalue weighted by Gasteiger charge is -2.09. The van der Waals surface area contributed by atoms with Gasteiger partial charge in [0.05, 0.1) is 0 Å². The zero-order valence-corrected chi connectivity index (χ0v) is 11.1. The SMILES string of the molecule is O=S(=O)(CBr)C(Br)(Br)Br. The minimum Gasteiger partial charge on any atom is -0.225 e. The van der Waals surface area contributed by atoms with Crippen LogP contribution in [0.25, 0.3) is 0 Å². The first kappa shape index (κ1) is 10.9. The van der Waals surface area contributed by atoms with E-state index in [-0.39, 0.29) is 4.66 Å². The van der Waals surface area contributed by atoms with Crippen molar-refractivity contribution < 1.29 is 8.42 Å². The Hall–Kier alpha value is 1.87. The molecule has 0 radical (unpaired) electrons. The zero-order valence-electron chi connectivity index (χ0n) is 3.94. The normalized spacial score (nSPS) is 13.8. The first-order chi connectivity index (χ1) is 3.81. The van der Waals surface area contributed by atoms with Crippen molar-refractivity contribution in [1.29, 1.82) is 0 Å². The molecular weight excluding hydrogens is 408 g/mol. The van der Waals surface area contributed by atoms with Crippen molar-refractivity contribution in [2.45, 2.75) is 1.47 Å². The Kier molecular flexibility index (Phi) is 4.24. The highest BCUT2D eigenvalue weighted by Gasteiger charge is 2.34. The molecule has 0 spiro atoms. The van der Waals surface area contributed by atoms with Crippen LogP contribution in [0.5, 0.6) is 0 Å². The smallest absolute Gasteiger partial charge is 0.225 e. The van der Waals surface area contributed by atoms with Gasteiger partial charge in [-0.2, -0.15) is 0 Å². The number of hydrogen-bond donors (Lipinski definition) is 0. The molecule has 0 rings (SSSR count). The monoisotopic (exact) mass is 406 g/mol. The van der Waals surface area contributed by atoms with Gasteiger partial charge in [-0.15, -0.1) is 0 Å². The van der Waals surface area contributed by atoms with E-state index in [0.29, 0.717) is 0 Å². The predicted octanol–water partition coefficient (Wildman–Crippen LogP) is 2.55. The third kappa shape index (κ3) is 3.18. The molecule has 2 nitrogen and oxygen atoms in total. The van der Waals surface area contributed by atoms with Crippen LogP contribution in [0.1, 0.15) is 0 Å². The molecule has 0 aromatic carbocycles. The van der Waals surface area contributed by atoms with Gasteiger partial charge in [0, 0.05) is 0 Å². The highest BCUT2D eigenvalue weighted by Crippen LogP contribution is 2.40. The van der Waals surface area contributed by atoms with E-state index in [1.807, 2.05) is 0 Å². The Morgan fingerprint density at radius 3 is 1.56 bits per heavy atom. The topological polar surface area (TPSA) is 34.1 Å². The minimum atomic E-state index is -3.17. The molecule has 0 aromatic heterocycles. The van der Waals surface area contributed by atoms with Crippen molar-refractivity contribution in [3.63, 3.8) is 0 Å².